The number of aromatic amines is 1. The van der Waals surface area contributed by atoms with Crippen LogP contribution in [0.25, 0.3) is 10.9 Å². The van der Waals surface area contributed by atoms with E-state index >= 15 is 0 Å². The minimum Gasteiger partial charge on any atom is -0.480 e. The zero-order chi connectivity index (χ0) is 26.1. The number of primary amides is 1. The van der Waals surface area contributed by atoms with Crippen LogP contribution in [0.1, 0.15) is 32.3 Å². The van der Waals surface area contributed by atoms with Gasteiger partial charge in [-0.15, -0.1) is 0 Å². The van der Waals surface area contributed by atoms with Crippen molar-refractivity contribution in [1.82, 2.24) is 20.9 Å². The second-order valence-corrected chi connectivity index (χ2v) is 8.39. The molecular weight excluding hydrogens is 456 g/mol. The van der Waals surface area contributed by atoms with Gasteiger partial charge in [0.2, 0.25) is 23.6 Å². The lowest BCUT2D eigenvalue weighted by atomic mass is 9.97. The van der Waals surface area contributed by atoms with Gasteiger partial charge < -0.3 is 37.5 Å². The molecule has 0 spiro atoms. The number of aliphatic carboxylic acids is 1. The van der Waals surface area contributed by atoms with E-state index in [0.717, 1.165) is 16.5 Å². The number of H-pyrrole nitrogens is 1. The maximum absolute atomic E-state index is 13.3. The molecule has 12 heteroatoms. The molecule has 12 nitrogen and oxygen atoms in total. The van der Waals surface area contributed by atoms with Crippen molar-refractivity contribution in [1.29, 1.82) is 0 Å². The van der Waals surface area contributed by atoms with E-state index in [1.165, 1.54) is 0 Å². The number of rotatable bonds is 13. The summed E-state index contributed by atoms with van der Waals surface area (Å²) in [7, 11) is 0. The molecule has 4 atom stereocenters. The van der Waals surface area contributed by atoms with Crippen molar-refractivity contribution in [3.63, 3.8) is 0 Å². The molecule has 35 heavy (non-hydrogen) atoms. The third kappa shape index (κ3) is 7.81. The van der Waals surface area contributed by atoms with Crippen molar-refractivity contribution < 1.29 is 29.1 Å². The van der Waals surface area contributed by atoms with Gasteiger partial charge in [-0.3, -0.25) is 24.0 Å². The number of carbonyl (C=O) groups is 5. The van der Waals surface area contributed by atoms with Crippen molar-refractivity contribution in [2.45, 2.75) is 51.2 Å². The number of aromatic nitrogens is 1. The number of amides is 4. The maximum Gasteiger partial charge on any atom is 0.322 e. The van der Waals surface area contributed by atoms with Gasteiger partial charge in [0.15, 0.2) is 0 Å². The molecule has 0 aliphatic rings. The van der Waals surface area contributed by atoms with Gasteiger partial charge in [0.05, 0.1) is 12.5 Å². The summed E-state index contributed by atoms with van der Waals surface area (Å²) < 4.78 is 0. The summed E-state index contributed by atoms with van der Waals surface area (Å²) >= 11 is 0. The average Bonchev–Trinajstić information content (AvgIpc) is 3.22. The molecular formula is C23H32N6O6. The van der Waals surface area contributed by atoms with Gasteiger partial charge in [0.25, 0.3) is 0 Å². The Kier molecular flexibility index (Phi) is 9.76. The number of fused-ring (bicyclic) bond motifs is 1. The highest BCUT2D eigenvalue weighted by Gasteiger charge is 2.31. The normalized spacial score (nSPS) is 14.4. The van der Waals surface area contributed by atoms with Crippen LogP contribution in [0.2, 0.25) is 0 Å². The first kappa shape index (κ1) is 27.3. The third-order valence-corrected chi connectivity index (χ3v) is 5.70. The smallest absolute Gasteiger partial charge is 0.322 e. The van der Waals surface area contributed by atoms with E-state index in [0.29, 0.717) is 6.42 Å². The largest absolute Gasteiger partial charge is 0.480 e. The zero-order valence-electron chi connectivity index (χ0n) is 19.7. The number of carboxylic acid groups (broad SMARTS) is 1. The van der Waals surface area contributed by atoms with Crippen LogP contribution < -0.4 is 27.4 Å². The molecule has 1 aromatic heterocycles. The van der Waals surface area contributed by atoms with Crippen molar-refractivity contribution in [3.8, 4) is 0 Å². The van der Waals surface area contributed by atoms with E-state index in [9.17, 15) is 24.0 Å². The summed E-state index contributed by atoms with van der Waals surface area (Å²) in [5, 5.41) is 17.2. The first-order chi connectivity index (χ1) is 16.5. The fourth-order valence-corrected chi connectivity index (χ4v) is 3.55. The lowest BCUT2D eigenvalue weighted by Crippen LogP contribution is -2.58. The van der Waals surface area contributed by atoms with Gasteiger partial charge in [-0.05, 0) is 17.5 Å². The Labute approximate surface area is 202 Å². The minimum absolute atomic E-state index is 0.0643. The number of nitrogens with one attached hydrogen (secondary N) is 4. The van der Waals surface area contributed by atoms with E-state index in [-0.39, 0.29) is 12.3 Å². The van der Waals surface area contributed by atoms with Gasteiger partial charge in [-0.2, -0.15) is 0 Å². The molecule has 4 unspecified atom stereocenters. The van der Waals surface area contributed by atoms with Crippen molar-refractivity contribution >= 4 is 40.5 Å². The minimum atomic E-state index is -1.25. The van der Waals surface area contributed by atoms with Crippen LogP contribution in [0.4, 0.5) is 0 Å². The zero-order valence-corrected chi connectivity index (χ0v) is 19.7. The number of hydrogen-bond donors (Lipinski definition) is 7. The molecule has 0 saturated heterocycles. The Bertz CT molecular complexity index is 1080. The molecule has 0 saturated carbocycles. The molecule has 1 aromatic carbocycles. The predicted molar refractivity (Wildman–Crippen MR) is 128 cm³/mol. The molecule has 0 aliphatic carbocycles. The molecule has 0 radical (unpaired) electrons. The summed E-state index contributed by atoms with van der Waals surface area (Å²) in [6.07, 6.45) is 1.90. The van der Waals surface area contributed by atoms with Crippen molar-refractivity contribution in [2.24, 2.45) is 17.4 Å². The molecule has 0 fully saturated rings. The summed E-state index contributed by atoms with van der Waals surface area (Å²) in [5.41, 5.74) is 12.4. The van der Waals surface area contributed by atoms with Crippen LogP contribution in [0.3, 0.4) is 0 Å². The molecule has 2 rings (SSSR count). The van der Waals surface area contributed by atoms with Crippen LogP contribution >= 0.6 is 0 Å². The first-order valence-electron chi connectivity index (χ1n) is 11.2. The van der Waals surface area contributed by atoms with E-state index in [1.807, 2.05) is 31.2 Å². The summed E-state index contributed by atoms with van der Waals surface area (Å²) in [5.74, 6) is -4.38. The number of carboxylic acids is 1. The molecule has 1 heterocycles. The van der Waals surface area contributed by atoms with Gasteiger partial charge >= 0.3 is 5.97 Å². The molecule has 0 aliphatic heterocycles. The van der Waals surface area contributed by atoms with Crippen LogP contribution in [0, 0.1) is 5.92 Å². The second-order valence-electron chi connectivity index (χ2n) is 8.39. The monoisotopic (exact) mass is 488 g/mol. The number of carbonyl (C=O) groups excluding carboxylic acids is 4. The van der Waals surface area contributed by atoms with Crippen molar-refractivity contribution in [3.05, 3.63) is 36.0 Å². The Morgan fingerprint density at radius 3 is 2.37 bits per heavy atom. The number of para-hydroxylation sites is 1. The van der Waals surface area contributed by atoms with Crippen LogP contribution in [-0.4, -0.2) is 64.4 Å². The first-order valence-corrected chi connectivity index (χ1v) is 11.2. The number of benzene rings is 1. The Balaban J connectivity index is 2.29. The van der Waals surface area contributed by atoms with Crippen LogP contribution in [0.5, 0.6) is 0 Å². The highest BCUT2D eigenvalue weighted by atomic mass is 16.4. The quantitative estimate of drug-likeness (QED) is 0.189. The standard InChI is InChI=1S/C23H32N6O6/c1-3-12(2)20(23(35)27-11-19(31)32)29-22(34)17(28-21(33)15(24)9-18(25)30)8-13-10-26-16-7-5-4-6-14(13)16/h4-7,10,12,15,17,20,26H,3,8-9,11,24H2,1-2H3,(H2,25,30)(H,27,35)(H,28,33)(H,29,34)(H,31,32). The highest BCUT2D eigenvalue weighted by molar-refractivity contribution is 5.95. The predicted octanol–water partition coefficient (Wildman–Crippen LogP) is -0.870. The molecule has 0 bridgehead atoms. The molecule has 4 amide bonds. The summed E-state index contributed by atoms with van der Waals surface area (Å²) in [4.78, 5) is 63.6. The Morgan fingerprint density at radius 1 is 1.06 bits per heavy atom. The molecule has 9 N–H and O–H groups in total. The van der Waals surface area contributed by atoms with Crippen LogP contribution in [0.15, 0.2) is 30.5 Å². The lowest BCUT2D eigenvalue weighted by Gasteiger charge is -2.27. The van der Waals surface area contributed by atoms with E-state index in [4.69, 9.17) is 16.6 Å². The topological polar surface area (TPSA) is 209 Å². The average molecular weight is 489 g/mol. The SMILES string of the molecule is CCC(C)C(NC(=O)C(Cc1c[nH]c2ccccc12)NC(=O)C(N)CC(N)=O)C(=O)NCC(=O)O. The highest BCUT2D eigenvalue weighted by Crippen LogP contribution is 2.19. The number of nitrogens with two attached hydrogens (primary N) is 2. The van der Waals surface area contributed by atoms with Gasteiger partial charge in [-0.25, -0.2) is 0 Å². The maximum atomic E-state index is 13.3. The number of hydrogen-bond acceptors (Lipinski definition) is 6. The fourth-order valence-electron chi connectivity index (χ4n) is 3.55. The second kappa shape index (κ2) is 12.5. The fraction of sp³-hybridized carbons (Fsp3) is 0.435. The summed E-state index contributed by atoms with van der Waals surface area (Å²) in [6, 6.07) is 3.98. The van der Waals surface area contributed by atoms with E-state index in [2.05, 4.69) is 20.9 Å². The van der Waals surface area contributed by atoms with Crippen LogP contribution in [-0.2, 0) is 30.4 Å². The Hall–Kier alpha value is -3.93. The summed E-state index contributed by atoms with van der Waals surface area (Å²) in [6.45, 7) is 2.96. The Morgan fingerprint density at radius 2 is 1.74 bits per heavy atom. The van der Waals surface area contributed by atoms with Crippen molar-refractivity contribution in [2.75, 3.05) is 6.54 Å². The van der Waals surface area contributed by atoms with E-state index < -0.39 is 60.7 Å². The van der Waals surface area contributed by atoms with Gasteiger partial charge in [0, 0.05) is 23.5 Å². The van der Waals surface area contributed by atoms with Gasteiger partial charge in [-0.1, -0.05) is 38.5 Å². The molecule has 2 aromatic rings. The molecule has 190 valence electrons. The lowest BCUT2D eigenvalue weighted by molar-refractivity contribution is -0.139. The van der Waals surface area contributed by atoms with Gasteiger partial charge in [0.1, 0.15) is 18.6 Å². The third-order valence-electron chi connectivity index (χ3n) is 5.70. The van der Waals surface area contributed by atoms with E-state index in [1.54, 1.807) is 13.1 Å².